The van der Waals surface area contributed by atoms with E-state index in [1.54, 1.807) is 0 Å². The molecule has 0 aliphatic heterocycles. The second-order valence-corrected chi connectivity index (χ2v) is 5.19. The molecule has 0 radical (unpaired) electrons. The molecule has 0 amide bonds. The third-order valence-corrected chi connectivity index (χ3v) is 2.99. The van der Waals surface area contributed by atoms with Crippen molar-refractivity contribution in [1.82, 2.24) is 5.32 Å². The van der Waals surface area contributed by atoms with Gasteiger partial charge in [-0.05, 0) is 52.0 Å². The van der Waals surface area contributed by atoms with Crippen LogP contribution in [-0.2, 0) is 0 Å². The normalized spacial score (nSPS) is 15.9. The van der Waals surface area contributed by atoms with Gasteiger partial charge in [0.15, 0.2) is 0 Å². The van der Waals surface area contributed by atoms with Crippen LogP contribution < -0.4 is 5.32 Å². The largest absolute Gasteiger partial charge is 0.378 e. The number of unbranched alkanes of at least 4 members (excludes halogenated alkanes) is 1. The van der Waals surface area contributed by atoms with Crippen LogP contribution in [-0.4, -0.2) is 11.8 Å². The van der Waals surface area contributed by atoms with Gasteiger partial charge in [0, 0.05) is 11.9 Å². The number of nitrogens with one attached hydrogen (secondary N) is 2. The summed E-state index contributed by atoms with van der Waals surface area (Å²) in [5.41, 5.74) is 2.54. The fraction of sp³-hybridized carbons (Fsp3) is 0.533. The topological polar surface area (TPSA) is 35.9 Å². The summed E-state index contributed by atoms with van der Waals surface area (Å²) < 4.78 is 0. The lowest BCUT2D eigenvalue weighted by Gasteiger charge is -2.26. The van der Waals surface area contributed by atoms with Gasteiger partial charge in [0.05, 0.1) is 5.54 Å². The lowest BCUT2D eigenvalue weighted by molar-refractivity contribution is 0.553. The third kappa shape index (κ3) is 5.03. The SMILES string of the molecule is C=CCCCC1=CC=C(NC(C)(C)C=N)CC1. The first-order chi connectivity index (χ1) is 8.07. The van der Waals surface area contributed by atoms with Crippen LogP contribution in [0, 0.1) is 5.41 Å². The van der Waals surface area contributed by atoms with Crippen molar-refractivity contribution in [1.29, 1.82) is 5.41 Å². The smallest absolute Gasteiger partial charge is 0.0660 e. The zero-order valence-corrected chi connectivity index (χ0v) is 11.1. The van der Waals surface area contributed by atoms with Crippen LogP contribution in [0.5, 0.6) is 0 Å². The number of hydrogen-bond donors (Lipinski definition) is 2. The molecule has 17 heavy (non-hydrogen) atoms. The fourth-order valence-electron chi connectivity index (χ4n) is 1.92. The van der Waals surface area contributed by atoms with E-state index in [1.165, 1.54) is 30.3 Å². The first-order valence-electron chi connectivity index (χ1n) is 6.37. The Morgan fingerprint density at radius 1 is 1.41 bits per heavy atom. The second kappa shape index (κ2) is 6.43. The summed E-state index contributed by atoms with van der Waals surface area (Å²) >= 11 is 0. The molecule has 2 heteroatoms. The van der Waals surface area contributed by atoms with Gasteiger partial charge in [-0.2, -0.15) is 0 Å². The third-order valence-electron chi connectivity index (χ3n) is 2.99. The molecule has 0 fully saturated rings. The Kier molecular flexibility index (Phi) is 5.20. The van der Waals surface area contributed by atoms with E-state index in [9.17, 15) is 0 Å². The van der Waals surface area contributed by atoms with Crippen molar-refractivity contribution in [3.05, 3.63) is 36.1 Å². The molecule has 1 rings (SSSR count). The quantitative estimate of drug-likeness (QED) is 0.389. The highest BCUT2D eigenvalue weighted by Crippen LogP contribution is 2.22. The van der Waals surface area contributed by atoms with E-state index in [0.717, 1.165) is 19.3 Å². The summed E-state index contributed by atoms with van der Waals surface area (Å²) in [4.78, 5) is 0. The molecule has 2 N–H and O–H groups in total. The molecule has 0 atom stereocenters. The molecule has 94 valence electrons. The molecule has 0 aromatic carbocycles. The minimum Gasteiger partial charge on any atom is -0.378 e. The Bertz CT molecular complexity index is 335. The van der Waals surface area contributed by atoms with Crippen LogP contribution in [0.4, 0.5) is 0 Å². The van der Waals surface area contributed by atoms with Gasteiger partial charge in [-0.25, -0.2) is 0 Å². The summed E-state index contributed by atoms with van der Waals surface area (Å²) in [7, 11) is 0. The van der Waals surface area contributed by atoms with Crippen molar-refractivity contribution in [3.8, 4) is 0 Å². The molecular formula is C15H24N2. The molecule has 0 aromatic heterocycles. The van der Waals surface area contributed by atoms with Crippen molar-refractivity contribution in [2.45, 2.75) is 51.5 Å². The molecule has 0 saturated heterocycles. The van der Waals surface area contributed by atoms with Gasteiger partial charge in [-0.3, -0.25) is 0 Å². The number of allylic oxidation sites excluding steroid dienone is 5. The van der Waals surface area contributed by atoms with Gasteiger partial charge < -0.3 is 10.7 Å². The van der Waals surface area contributed by atoms with E-state index >= 15 is 0 Å². The zero-order valence-electron chi connectivity index (χ0n) is 11.1. The van der Waals surface area contributed by atoms with Crippen molar-refractivity contribution in [2.24, 2.45) is 0 Å². The Morgan fingerprint density at radius 2 is 2.18 bits per heavy atom. The van der Waals surface area contributed by atoms with Gasteiger partial charge in [-0.1, -0.05) is 17.7 Å². The molecule has 0 heterocycles. The molecule has 1 aliphatic rings. The summed E-state index contributed by atoms with van der Waals surface area (Å²) in [5, 5.41) is 10.7. The number of hydrogen-bond acceptors (Lipinski definition) is 2. The maximum atomic E-state index is 7.34. The predicted octanol–water partition coefficient (Wildman–Crippen LogP) is 3.96. The van der Waals surface area contributed by atoms with Crippen molar-refractivity contribution < 1.29 is 0 Å². The summed E-state index contributed by atoms with van der Waals surface area (Å²) in [6.07, 6.45) is 13.5. The Morgan fingerprint density at radius 3 is 2.71 bits per heavy atom. The average molecular weight is 232 g/mol. The monoisotopic (exact) mass is 232 g/mol. The summed E-state index contributed by atoms with van der Waals surface area (Å²) in [5.74, 6) is 0. The van der Waals surface area contributed by atoms with Gasteiger partial charge >= 0.3 is 0 Å². The lowest BCUT2D eigenvalue weighted by Crippen LogP contribution is -2.40. The lowest BCUT2D eigenvalue weighted by atomic mass is 9.96. The van der Waals surface area contributed by atoms with Crippen LogP contribution in [0.3, 0.4) is 0 Å². The molecule has 0 saturated carbocycles. The predicted molar refractivity (Wildman–Crippen MR) is 75.4 cm³/mol. The fourth-order valence-corrected chi connectivity index (χ4v) is 1.92. The van der Waals surface area contributed by atoms with Crippen molar-refractivity contribution in [2.75, 3.05) is 0 Å². The van der Waals surface area contributed by atoms with Crippen molar-refractivity contribution in [3.63, 3.8) is 0 Å². The zero-order chi connectivity index (χ0) is 12.7. The molecule has 0 spiro atoms. The van der Waals surface area contributed by atoms with Crippen LogP contribution in [0.1, 0.15) is 46.0 Å². The van der Waals surface area contributed by atoms with Crippen LogP contribution in [0.25, 0.3) is 0 Å². The first-order valence-corrected chi connectivity index (χ1v) is 6.37. The number of rotatable bonds is 7. The minimum atomic E-state index is -0.236. The summed E-state index contributed by atoms with van der Waals surface area (Å²) in [6.45, 7) is 7.78. The summed E-state index contributed by atoms with van der Waals surface area (Å²) in [6, 6.07) is 0. The molecular weight excluding hydrogens is 208 g/mol. The van der Waals surface area contributed by atoms with E-state index in [-0.39, 0.29) is 5.54 Å². The van der Waals surface area contributed by atoms with E-state index < -0.39 is 0 Å². The van der Waals surface area contributed by atoms with Crippen LogP contribution in [0.15, 0.2) is 36.1 Å². The molecule has 2 nitrogen and oxygen atoms in total. The molecule has 0 unspecified atom stereocenters. The standard InChI is InChI=1S/C15H24N2/c1-4-5-6-7-13-8-10-14(11-9-13)17-15(2,3)12-16/h4,8,10,12,16-17H,1,5-7,9,11H2,2-3H3. The van der Waals surface area contributed by atoms with Gasteiger partial charge in [0.1, 0.15) is 0 Å². The van der Waals surface area contributed by atoms with E-state index in [1.807, 2.05) is 19.9 Å². The Hall–Kier alpha value is -1.31. The average Bonchev–Trinajstić information content (AvgIpc) is 2.31. The van der Waals surface area contributed by atoms with E-state index in [4.69, 9.17) is 5.41 Å². The van der Waals surface area contributed by atoms with Gasteiger partial charge in [0.25, 0.3) is 0 Å². The Labute approximate surface area is 105 Å². The second-order valence-electron chi connectivity index (χ2n) is 5.19. The highest BCUT2D eigenvalue weighted by molar-refractivity contribution is 5.66. The maximum Gasteiger partial charge on any atom is 0.0660 e. The first kappa shape index (κ1) is 13.8. The Balaban J connectivity index is 2.46. The van der Waals surface area contributed by atoms with Crippen molar-refractivity contribution >= 4 is 6.21 Å². The molecule has 0 aromatic rings. The van der Waals surface area contributed by atoms with E-state index in [2.05, 4.69) is 24.0 Å². The minimum absolute atomic E-state index is 0.236. The highest BCUT2D eigenvalue weighted by Gasteiger charge is 2.16. The molecule has 1 aliphatic carbocycles. The van der Waals surface area contributed by atoms with Gasteiger partial charge in [0.2, 0.25) is 0 Å². The molecule has 0 bridgehead atoms. The van der Waals surface area contributed by atoms with E-state index in [0.29, 0.717) is 0 Å². The van der Waals surface area contributed by atoms with Crippen LogP contribution in [0.2, 0.25) is 0 Å². The van der Waals surface area contributed by atoms with Crippen LogP contribution >= 0.6 is 0 Å². The maximum absolute atomic E-state index is 7.34. The highest BCUT2D eigenvalue weighted by atomic mass is 15.0. The van der Waals surface area contributed by atoms with Gasteiger partial charge in [-0.15, -0.1) is 6.58 Å².